The third-order valence-electron chi connectivity index (χ3n) is 3.93. The molecule has 100 valence electrons. The van der Waals surface area contributed by atoms with Crippen LogP contribution in [-0.4, -0.2) is 19.2 Å². The van der Waals surface area contributed by atoms with Crippen LogP contribution in [0.5, 0.6) is 5.75 Å². The molecule has 1 heterocycles. The minimum atomic E-state index is 0.307. The van der Waals surface area contributed by atoms with Crippen LogP contribution in [0.1, 0.15) is 31.9 Å². The lowest BCUT2D eigenvalue weighted by atomic mass is 9.98. The van der Waals surface area contributed by atoms with Crippen molar-refractivity contribution in [3.8, 4) is 5.75 Å². The largest absolute Gasteiger partial charge is 0.488 e. The molecule has 1 aromatic carbocycles. The lowest BCUT2D eigenvalue weighted by Crippen LogP contribution is -2.33. The predicted molar refractivity (Wildman–Crippen MR) is 76.2 cm³/mol. The van der Waals surface area contributed by atoms with Gasteiger partial charge >= 0.3 is 0 Å². The molecule has 0 amide bonds. The van der Waals surface area contributed by atoms with E-state index in [1.54, 1.807) is 0 Å². The third kappa shape index (κ3) is 3.26. The summed E-state index contributed by atoms with van der Waals surface area (Å²) in [6.45, 7) is 11.0. The second-order valence-electron chi connectivity index (χ2n) is 5.93. The molecule has 1 N–H and O–H groups in total. The first kappa shape index (κ1) is 13.4. The minimum absolute atomic E-state index is 0.307. The Morgan fingerprint density at radius 2 is 2.11 bits per heavy atom. The van der Waals surface area contributed by atoms with Gasteiger partial charge in [0.1, 0.15) is 11.9 Å². The summed E-state index contributed by atoms with van der Waals surface area (Å²) in [5.41, 5.74) is 2.68. The van der Waals surface area contributed by atoms with E-state index >= 15 is 0 Å². The van der Waals surface area contributed by atoms with Gasteiger partial charge < -0.3 is 10.1 Å². The number of nitrogens with one attached hydrogen (secondary N) is 1. The first-order valence-corrected chi connectivity index (χ1v) is 7.03. The summed E-state index contributed by atoms with van der Waals surface area (Å²) in [6.07, 6.45) is 1.35. The fourth-order valence-electron chi connectivity index (χ4n) is 2.27. The molecule has 0 radical (unpaired) electrons. The van der Waals surface area contributed by atoms with Crippen LogP contribution in [0.25, 0.3) is 0 Å². The van der Waals surface area contributed by atoms with Crippen LogP contribution in [0.2, 0.25) is 0 Å². The second kappa shape index (κ2) is 5.75. The molecule has 2 heteroatoms. The molecule has 0 bridgehead atoms. The number of aryl methyl sites for hydroxylation is 1. The van der Waals surface area contributed by atoms with E-state index in [0.29, 0.717) is 6.10 Å². The van der Waals surface area contributed by atoms with E-state index in [4.69, 9.17) is 4.74 Å². The topological polar surface area (TPSA) is 21.3 Å². The smallest absolute Gasteiger partial charge is 0.123 e. The van der Waals surface area contributed by atoms with Gasteiger partial charge in [-0.3, -0.25) is 0 Å². The minimum Gasteiger partial charge on any atom is -0.488 e. The van der Waals surface area contributed by atoms with Crippen molar-refractivity contribution in [2.24, 2.45) is 11.8 Å². The van der Waals surface area contributed by atoms with Gasteiger partial charge in [0.05, 0.1) is 0 Å². The predicted octanol–water partition coefficient (Wildman–Crippen LogP) is 3.18. The Labute approximate surface area is 111 Å². The van der Waals surface area contributed by atoms with Crippen molar-refractivity contribution in [2.75, 3.05) is 13.1 Å². The van der Waals surface area contributed by atoms with Crippen molar-refractivity contribution < 1.29 is 4.74 Å². The van der Waals surface area contributed by atoms with Gasteiger partial charge in [-0.25, -0.2) is 0 Å². The lowest BCUT2D eigenvalue weighted by molar-refractivity contribution is 0.222. The monoisotopic (exact) mass is 247 g/mol. The average Bonchev–Trinajstić information content (AvgIpc) is 2.70. The summed E-state index contributed by atoms with van der Waals surface area (Å²) in [5, 5.41) is 3.53. The maximum Gasteiger partial charge on any atom is 0.123 e. The highest BCUT2D eigenvalue weighted by atomic mass is 16.5. The number of hydrogen-bond acceptors (Lipinski definition) is 2. The Kier molecular flexibility index (Phi) is 4.28. The summed E-state index contributed by atoms with van der Waals surface area (Å²) in [4.78, 5) is 0. The quantitative estimate of drug-likeness (QED) is 0.863. The first-order valence-electron chi connectivity index (χ1n) is 7.03. The maximum absolute atomic E-state index is 5.94. The molecule has 2 nitrogen and oxygen atoms in total. The fraction of sp³-hybridized carbons (Fsp3) is 0.625. The summed E-state index contributed by atoms with van der Waals surface area (Å²) < 4.78 is 5.94. The average molecular weight is 247 g/mol. The normalized spacial score (nSPS) is 19.7. The van der Waals surface area contributed by atoms with E-state index in [9.17, 15) is 0 Å². The molecule has 2 atom stereocenters. The Balaban J connectivity index is 1.78. The fourth-order valence-corrected chi connectivity index (χ4v) is 2.27. The molecule has 0 saturated carbocycles. The van der Waals surface area contributed by atoms with Crippen molar-refractivity contribution in [2.45, 2.75) is 40.2 Å². The van der Waals surface area contributed by atoms with E-state index in [1.165, 1.54) is 11.1 Å². The van der Waals surface area contributed by atoms with E-state index in [0.717, 1.165) is 37.1 Å². The van der Waals surface area contributed by atoms with Crippen molar-refractivity contribution in [1.82, 2.24) is 5.32 Å². The number of rotatable bonds is 5. The summed E-state index contributed by atoms with van der Waals surface area (Å²) in [5.74, 6) is 2.53. The molecule has 1 aliphatic heterocycles. The molecule has 2 rings (SSSR count). The zero-order chi connectivity index (χ0) is 13.1. The first-order chi connectivity index (χ1) is 8.56. The summed E-state index contributed by atoms with van der Waals surface area (Å²) >= 11 is 0. The summed E-state index contributed by atoms with van der Waals surface area (Å²) in [7, 11) is 0. The molecule has 0 spiro atoms. The number of fused-ring (bicyclic) bond motifs is 1. The van der Waals surface area contributed by atoms with Crippen LogP contribution in [0.15, 0.2) is 18.2 Å². The molecule has 2 unspecified atom stereocenters. The molecular weight excluding hydrogens is 222 g/mol. The Bertz CT molecular complexity index is 400. The van der Waals surface area contributed by atoms with Crippen molar-refractivity contribution in [3.05, 3.63) is 29.3 Å². The van der Waals surface area contributed by atoms with Gasteiger partial charge in [0.15, 0.2) is 0 Å². The van der Waals surface area contributed by atoms with Gasteiger partial charge in [0.2, 0.25) is 0 Å². The number of benzene rings is 1. The van der Waals surface area contributed by atoms with Crippen LogP contribution in [0, 0.1) is 18.8 Å². The molecular formula is C16H25NO. The third-order valence-corrected chi connectivity index (χ3v) is 3.93. The van der Waals surface area contributed by atoms with Gasteiger partial charge in [-0.1, -0.05) is 38.5 Å². The molecule has 0 saturated heterocycles. The Hall–Kier alpha value is -1.02. The van der Waals surface area contributed by atoms with Crippen LogP contribution in [0.4, 0.5) is 0 Å². The molecule has 18 heavy (non-hydrogen) atoms. The van der Waals surface area contributed by atoms with Gasteiger partial charge in [0.25, 0.3) is 0 Å². The van der Waals surface area contributed by atoms with Crippen LogP contribution >= 0.6 is 0 Å². The Morgan fingerprint density at radius 1 is 1.33 bits per heavy atom. The standard InChI is InChI=1S/C16H25NO/c1-11(2)13(4)9-17-10-15-8-14-7-12(3)5-6-16(14)18-15/h5-7,11,13,15,17H,8-10H2,1-4H3. The lowest BCUT2D eigenvalue weighted by Gasteiger charge is -2.18. The highest BCUT2D eigenvalue weighted by Crippen LogP contribution is 2.29. The highest BCUT2D eigenvalue weighted by Gasteiger charge is 2.22. The maximum atomic E-state index is 5.94. The van der Waals surface area contributed by atoms with E-state index < -0.39 is 0 Å². The van der Waals surface area contributed by atoms with E-state index in [2.05, 4.69) is 51.2 Å². The van der Waals surface area contributed by atoms with Crippen molar-refractivity contribution in [3.63, 3.8) is 0 Å². The number of hydrogen-bond donors (Lipinski definition) is 1. The van der Waals surface area contributed by atoms with Crippen LogP contribution in [-0.2, 0) is 6.42 Å². The molecule has 1 aromatic rings. The SMILES string of the molecule is Cc1ccc2c(c1)CC(CNCC(C)C(C)C)O2. The zero-order valence-corrected chi connectivity index (χ0v) is 12.0. The van der Waals surface area contributed by atoms with Crippen LogP contribution in [0.3, 0.4) is 0 Å². The van der Waals surface area contributed by atoms with Gasteiger partial charge in [0, 0.05) is 13.0 Å². The van der Waals surface area contributed by atoms with Crippen LogP contribution < -0.4 is 10.1 Å². The Morgan fingerprint density at radius 3 is 2.83 bits per heavy atom. The van der Waals surface area contributed by atoms with Gasteiger partial charge in [-0.05, 0) is 36.9 Å². The molecule has 0 fully saturated rings. The summed E-state index contributed by atoms with van der Waals surface area (Å²) in [6, 6.07) is 6.46. The zero-order valence-electron chi connectivity index (χ0n) is 12.0. The molecule has 0 aliphatic carbocycles. The van der Waals surface area contributed by atoms with Gasteiger partial charge in [-0.2, -0.15) is 0 Å². The van der Waals surface area contributed by atoms with E-state index in [1.807, 2.05) is 0 Å². The van der Waals surface area contributed by atoms with Crippen molar-refractivity contribution >= 4 is 0 Å². The molecule has 0 aromatic heterocycles. The number of ether oxygens (including phenoxy) is 1. The van der Waals surface area contributed by atoms with E-state index in [-0.39, 0.29) is 0 Å². The van der Waals surface area contributed by atoms with Crippen molar-refractivity contribution in [1.29, 1.82) is 0 Å². The second-order valence-corrected chi connectivity index (χ2v) is 5.93. The highest BCUT2D eigenvalue weighted by molar-refractivity contribution is 5.40. The molecule has 1 aliphatic rings. The van der Waals surface area contributed by atoms with Gasteiger partial charge in [-0.15, -0.1) is 0 Å².